The van der Waals surface area contributed by atoms with E-state index >= 15 is 0 Å². The van der Waals surface area contributed by atoms with Gasteiger partial charge in [0, 0.05) is 25.2 Å². The molecule has 2 unspecified atom stereocenters. The lowest BCUT2D eigenvalue weighted by atomic mass is 10.0. The van der Waals surface area contributed by atoms with E-state index in [9.17, 15) is 14.9 Å². The maximum absolute atomic E-state index is 13.3. The van der Waals surface area contributed by atoms with Crippen LogP contribution in [0.3, 0.4) is 0 Å². The Hall–Kier alpha value is -2.87. The van der Waals surface area contributed by atoms with Crippen molar-refractivity contribution in [3.63, 3.8) is 0 Å². The summed E-state index contributed by atoms with van der Waals surface area (Å²) >= 11 is 6.71. The van der Waals surface area contributed by atoms with Gasteiger partial charge in [0.1, 0.15) is 27.5 Å². The van der Waals surface area contributed by atoms with Crippen molar-refractivity contribution >= 4 is 46.1 Å². The predicted molar refractivity (Wildman–Crippen MR) is 140 cm³/mol. The highest BCUT2D eigenvalue weighted by Crippen LogP contribution is 2.37. The van der Waals surface area contributed by atoms with Crippen LogP contribution in [-0.4, -0.2) is 45.0 Å². The predicted octanol–water partition coefficient (Wildman–Crippen LogP) is 4.05. The van der Waals surface area contributed by atoms with E-state index in [4.69, 9.17) is 21.4 Å². The summed E-state index contributed by atoms with van der Waals surface area (Å²) in [6.45, 7) is 9.66. The number of thiocarbonyl (C=S) groups is 1. The van der Waals surface area contributed by atoms with Gasteiger partial charge in [0.25, 0.3) is 11.5 Å². The number of ether oxygens (including phenoxy) is 1. The Labute approximate surface area is 214 Å². The molecular formula is C25H28N4O4S2. The summed E-state index contributed by atoms with van der Waals surface area (Å²) < 4.78 is 13.4. The first-order valence-corrected chi connectivity index (χ1v) is 12.8. The van der Waals surface area contributed by atoms with Gasteiger partial charge in [-0.05, 0) is 51.0 Å². The third kappa shape index (κ3) is 4.94. The number of hydrogen-bond acceptors (Lipinski definition) is 8. The number of aromatic nitrogens is 1. The quantitative estimate of drug-likeness (QED) is 0.423. The molecule has 10 heteroatoms. The molecule has 2 saturated heterocycles. The lowest BCUT2D eigenvalue weighted by molar-refractivity contribution is -0.122. The van der Waals surface area contributed by atoms with E-state index in [1.807, 2.05) is 20.8 Å². The van der Waals surface area contributed by atoms with Crippen LogP contribution >= 0.6 is 24.0 Å². The molecule has 2 aliphatic heterocycles. The molecule has 4 heterocycles. The molecule has 0 spiro atoms. The molecule has 4 rings (SSSR count). The molecule has 35 heavy (non-hydrogen) atoms. The number of pyridine rings is 1. The summed E-state index contributed by atoms with van der Waals surface area (Å²) in [6.07, 6.45) is 4.01. The molecule has 2 fully saturated rings. The monoisotopic (exact) mass is 512 g/mol. The van der Waals surface area contributed by atoms with E-state index < -0.39 is 0 Å². The van der Waals surface area contributed by atoms with Crippen molar-refractivity contribution in [2.24, 2.45) is 0 Å². The van der Waals surface area contributed by atoms with Gasteiger partial charge in [-0.25, -0.2) is 0 Å². The van der Waals surface area contributed by atoms with Gasteiger partial charge in [-0.2, -0.15) is 5.26 Å². The average Bonchev–Trinajstić information content (AvgIpc) is 3.41. The SMILES string of the molecule is CCCn1c(N2CC(C)OC(C)C2)c(/C=C2/SC(=S)N(Cc3ccco3)C2=O)c(C)c(C#N)c1=O. The van der Waals surface area contributed by atoms with Gasteiger partial charge in [-0.3, -0.25) is 19.1 Å². The van der Waals surface area contributed by atoms with Crippen molar-refractivity contribution in [2.75, 3.05) is 18.0 Å². The second kappa shape index (κ2) is 10.4. The fraction of sp³-hybridized carbons (Fsp3) is 0.440. The van der Waals surface area contributed by atoms with Crippen LogP contribution in [0.25, 0.3) is 6.08 Å². The van der Waals surface area contributed by atoms with Crippen molar-refractivity contribution in [1.29, 1.82) is 5.26 Å². The lowest BCUT2D eigenvalue weighted by Crippen LogP contribution is -2.48. The zero-order valence-corrected chi connectivity index (χ0v) is 21.9. The fourth-order valence-electron chi connectivity index (χ4n) is 4.59. The smallest absolute Gasteiger partial charge is 0.270 e. The van der Waals surface area contributed by atoms with Gasteiger partial charge in [0.2, 0.25) is 0 Å². The Morgan fingerprint density at radius 1 is 1.29 bits per heavy atom. The first kappa shape index (κ1) is 25.2. The Morgan fingerprint density at radius 2 is 2.00 bits per heavy atom. The maximum Gasteiger partial charge on any atom is 0.270 e. The van der Waals surface area contributed by atoms with Crippen LogP contribution in [0.5, 0.6) is 0 Å². The number of amides is 1. The third-order valence-corrected chi connectivity index (χ3v) is 7.43. The number of nitrogens with zero attached hydrogens (tertiary/aromatic N) is 4. The number of hydrogen-bond donors (Lipinski definition) is 0. The Balaban J connectivity index is 1.86. The Kier molecular flexibility index (Phi) is 7.50. The number of nitriles is 1. The minimum absolute atomic E-state index is 0.0285. The number of carbonyl (C=O) groups excluding carboxylic acids is 1. The summed E-state index contributed by atoms with van der Waals surface area (Å²) in [7, 11) is 0. The van der Waals surface area contributed by atoms with Crippen molar-refractivity contribution < 1.29 is 13.9 Å². The number of rotatable bonds is 6. The number of furan rings is 1. The topological polar surface area (TPSA) is 91.7 Å². The fourth-order valence-corrected chi connectivity index (χ4v) is 5.83. The molecule has 0 saturated carbocycles. The molecule has 2 aliphatic rings. The van der Waals surface area contributed by atoms with Crippen LogP contribution in [-0.2, 0) is 22.6 Å². The van der Waals surface area contributed by atoms with E-state index in [1.165, 1.54) is 16.7 Å². The summed E-state index contributed by atoms with van der Waals surface area (Å²) in [4.78, 5) is 30.7. The van der Waals surface area contributed by atoms with Crippen LogP contribution in [0.4, 0.5) is 5.82 Å². The minimum atomic E-state index is -0.309. The summed E-state index contributed by atoms with van der Waals surface area (Å²) in [5.74, 6) is 1.13. The van der Waals surface area contributed by atoms with Gasteiger partial charge < -0.3 is 14.1 Å². The van der Waals surface area contributed by atoms with E-state index in [0.717, 1.165) is 6.42 Å². The normalized spacial score (nSPS) is 21.7. The van der Waals surface area contributed by atoms with Gasteiger partial charge in [-0.1, -0.05) is 30.9 Å². The van der Waals surface area contributed by atoms with Crippen LogP contribution in [0.2, 0.25) is 0 Å². The summed E-state index contributed by atoms with van der Waals surface area (Å²) in [5, 5.41) is 9.81. The van der Waals surface area contributed by atoms with Gasteiger partial charge in [0.15, 0.2) is 0 Å². The molecule has 0 radical (unpaired) electrons. The lowest BCUT2D eigenvalue weighted by Gasteiger charge is -2.39. The number of carbonyl (C=O) groups is 1. The molecule has 2 aromatic heterocycles. The highest BCUT2D eigenvalue weighted by atomic mass is 32.2. The molecule has 0 aromatic carbocycles. The molecular weight excluding hydrogens is 484 g/mol. The van der Waals surface area contributed by atoms with Gasteiger partial charge in [0.05, 0.1) is 29.9 Å². The molecule has 2 aromatic rings. The molecule has 2 atom stereocenters. The Morgan fingerprint density at radius 3 is 2.60 bits per heavy atom. The molecule has 0 N–H and O–H groups in total. The van der Waals surface area contributed by atoms with Crippen molar-refractivity contribution in [3.05, 3.63) is 56.1 Å². The molecule has 0 aliphatic carbocycles. The third-order valence-electron chi connectivity index (χ3n) is 6.06. The van der Waals surface area contributed by atoms with E-state index in [1.54, 1.807) is 36.0 Å². The van der Waals surface area contributed by atoms with Crippen LogP contribution < -0.4 is 10.5 Å². The van der Waals surface area contributed by atoms with Crippen LogP contribution in [0.1, 0.15) is 49.6 Å². The van der Waals surface area contributed by atoms with Crippen LogP contribution in [0.15, 0.2) is 32.5 Å². The first-order valence-electron chi connectivity index (χ1n) is 11.6. The largest absolute Gasteiger partial charge is 0.467 e. The van der Waals surface area contributed by atoms with Gasteiger partial charge in [-0.15, -0.1) is 0 Å². The van der Waals surface area contributed by atoms with Gasteiger partial charge >= 0.3 is 0 Å². The van der Waals surface area contributed by atoms with Crippen molar-refractivity contribution in [3.8, 4) is 6.07 Å². The van der Waals surface area contributed by atoms with E-state index in [0.29, 0.717) is 51.6 Å². The van der Waals surface area contributed by atoms with E-state index in [-0.39, 0.29) is 35.8 Å². The maximum atomic E-state index is 13.3. The summed E-state index contributed by atoms with van der Waals surface area (Å²) in [5.41, 5.74) is 1.03. The molecule has 1 amide bonds. The number of morpholine rings is 1. The zero-order valence-electron chi connectivity index (χ0n) is 20.2. The number of anilines is 1. The van der Waals surface area contributed by atoms with Crippen molar-refractivity contribution in [1.82, 2.24) is 9.47 Å². The zero-order chi connectivity index (χ0) is 25.3. The highest BCUT2D eigenvalue weighted by molar-refractivity contribution is 8.26. The average molecular weight is 513 g/mol. The van der Waals surface area contributed by atoms with E-state index in [2.05, 4.69) is 11.0 Å². The first-order chi connectivity index (χ1) is 16.7. The Bertz CT molecular complexity index is 1270. The minimum Gasteiger partial charge on any atom is -0.467 e. The molecule has 0 bridgehead atoms. The number of thioether (sulfide) groups is 1. The second-order valence-corrected chi connectivity index (χ2v) is 10.5. The summed E-state index contributed by atoms with van der Waals surface area (Å²) in [6, 6.07) is 5.65. The molecule has 8 nitrogen and oxygen atoms in total. The van der Waals surface area contributed by atoms with Crippen LogP contribution in [0, 0.1) is 18.3 Å². The standard InChI is InChI=1S/C25H28N4O4S2/c1-5-8-28-22(27-12-15(2)33-16(3)13-27)19(17(4)20(11-26)23(28)30)10-21-24(31)29(25(34)35-21)14-18-7-6-9-32-18/h6-7,9-10,15-16H,5,8,12-14H2,1-4H3/b21-10+. The molecule has 184 valence electrons. The highest BCUT2D eigenvalue weighted by Gasteiger charge is 2.34. The van der Waals surface area contributed by atoms with Crippen molar-refractivity contribution in [2.45, 2.75) is 59.4 Å². The second-order valence-electron chi connectivity index (χ2n) is 8.82.